The molecule has 0 bridgehead atoms. The van der Waals surface area contributed by atoms with E-state index in [0.717, 1.165) is 10.9 Å². The number of pyridine rings is 1. The van der Waals surface area contributed by atoms with Crippen molar-refractivity contribution in [1.82, 2.24) is 15.0 Å². The van der Waals surface area contributed by atoms with Crippen LogP contribution in [0.4, 0.5) is 4.39 Å². The average molecular weight is 317 g/mol. The lowest BCUT2D eigenvalue weighted by atomic mass is 10.1. The van der Waals surface area contributed by atoms with E-state index in [1.807, 2.05) is 24.3 Å². The lowest BCUT2D eigenvalue weighted by molar-refractivity contribution is 0.475. The molecular weight excluding hydrogens is 305 g/mol. The van der Waals surface area contributed by atoms with Crippen LogP contribution in [0.15, 0.2) is 66.9 Å². The number of hydrogen-bond donors (Lipinski definition) is 1. The van der Waals surface area contributed by atoms with Crippen LogP contribution in [-0.4, -0.2) is 20.1 Å². The monoisotopic (exact) mass is 317 g/mol. The summed E-state index contributed by atoms with van der Waals surface area (Å²) in [6.45, 7) is 0. The molecule has 0 saturated heterocycles. The molecule has 1 N–H and O–H groups in total. The Balaban J connectivity index is 1.83. The van der Waals surface area contributed by atoms with Gasteiger partial charge in [0.1, 0.15) is 17.3 Å². The van der Waals surface area contributed by atoms with E-state index in [1.165, 1.54) is 18.2 Å². The number of benzene rings is 2. The molecule has 0 aliphatic heterocycles. The molecule has 116 valence electrons. The predicted molar refractivity (Wildman–Crippen MR) is 89.8 cm³/mol. The first-order valence-electron chi connectivity index (χ1n) is 7.39. The second-order valence-corrected chi connectivity index (χ2v) is 5.32. The largest absolute Gasteiger partial charge is 0.507 e. The molecule has 0 fully saturated rings. The first-order chi connectivity index (χ1) is 11.7. The highest BCUT2D eigenvalue weighted by Crippen LogP contribution is 2.29. The fourth-order valence-corrected chi connectivity index (χ4v) is 2.52. The Morgan fingerprint density at radius 3 is 2.58 bits per heavy atom. The van der Waals surface area contributed by atoms with Gasteiger partial charge in [-0.25, -0.2) is 19.3 Å². The van der Waals surface area contributed by atoms with E-state index in [2.05, 4.69) is 15.0 Å². The predicted octanol–water partition coefficient (Wildman–Crippen LogP) is 4.20. The number of rotatable bonds is 2. The second kappa shape index (κ2) is 5.70. The summed E-state index contributed by atoms with van der Waals surface area (Å²) in [5, 5.41) is 10.9. The van der Waals surface area contributed by atoms with E-state index in [0.29, 0.717) is 22.8 Å². The van der Waals surface area contributed by atoms with Crippen LogP contribution < -0.4 is 0 Å². The minimum absolute atomic E-state index is 0.0273. The van der Waals surface area contributed by atoms with Crippen molar-refractivity contribution in [3.8, 4) is 28.5 Å². The van der Waals surface area contributed by atoms with Crippen molar-refractivity contribution >= 4 is 10.9 Å². The van der Waals surface area contributed by atoms with Gasteiger partial charge in [0.05, 0.1) is 11.2 Å². The highest BCUT2D eigenvalue weighted by atomic mass is 19.1. The quantitative estimate of drug-likeness (QED) is 0.602. The molecule has 0 radical (unpaired) electrons. The molecule has 4 aromatic rings. The van der Waals surface area contributed by atoms with E-state index in [4.69, 9.17) is 0 Å². The summed E-state index contributed by atoms with van der Waals surface area (Å²) >= 11 is 0. The number of fused-ring (bicyclic) bond motifs is 1. The maximum Gasteiger partial charge on any atom is 0.178 e. The zero-order valence-corrected chi connectivity index (χ0v) is 12.5. The summed E-state index contributed by atoms with van der Waals surface area (Å²) in [7, 11) is 0. The van der Waals surface area contributed by atoms with Crippen molar-refractivity contribution < 1.29 is 9.50 Å². The fraction of sp³-hybridized carbons (Fsp3) is 0. The summed E-state index contributed by atoms with van der Waals surface area (Å²) < 4.78 is 13.5. The van der Waals surface area contributed by atoms with E-state index in [1.54, 1.807) is 24.4 Å². The van der Waals surface area contributed by atoms with Crippen LogP contribution >= 0.6 is 0 Å². The van der Waals surface area contributed by atoms with E-state index >= 15 is 0 Å². The normalized spacial score (nSPS) is 10.9. The van der Waals surface area contributed by atoms with Gasteiger partial charge < -0.3 is 5.11 Å². The minimum Gasteiger partial charge on any atom is -0.507 e. The third-order valence-electron chi connectivity index (χ3n) is 3.70. The van der Waals surface area contributed by atoms with Gasteiger partial charge in [-0.05, 0) is 36.4 Å². The molecule has 4 rings (SSSR count). The van der Waals surface area contributed by atoms with E-state index in [-0.39, 0.29) is 5.75 Å². The van der Waals surface area contributed by atoms with Gasteiger partial charge in [-0.15, -0.1) is 0 Å². The number of aromatic nitrogens is 3. The SMILES string of the molecule is Oc1ccc(F)cc1-c1cccc(-c2ncc3ccccc3n2)n1. The van der Waals surface area contributed by atoms with Crippen molar-refractivity contribution in [1.29, 1.82) is 0 Å². The van der Waals surface area contributed by atoms with Crippen LogP contribution in [0.3, 0.4) is 0 Å². The topological polar surface area (TPSA) is 58.9 Å². The Morgan fingerprint density at radius 2 is 1.67 bits per heavy atom. The van der Waals surface area contributed by atoms with Crippen molar-refractivity contribution in [2.45, 2.75) is 0 Å². The first-order valence-corrected chi connectivity index (χ1v) is 7.39. The highest BCUT2D eigenvalue weighted by molar-refractivity contribution is 5.79. The second-order valence-electron chi connectivity index (χ2n) is 5.32. The lowest BCUT2D eigenvalue weighted by Gasteiger charge is -2.07. The van der Waals surface area contributed by atoms with E-state index in [9.17, 15) is 9.50 Å². The molecule has 24 heavy (non-hydrogen) atoms. The number of phenolic OH excluding ortho intramolecular Hbond substituents is 1. The molecule has 4 nitrogen and oxygen atoms in total. The van der Waals surface area contributed by atoms with Crippen LogP contribution in [0.5, 0.6) is 5.75 Å². The van der Waals surface area contributed by atoms with Gasteiger partial charge in [0.15, 0.2) is 5.82 Å². The molecule has 0 atom stereocenters. The van der Waals surface area contributed by atoms with Gasteiger partial charge in [-0.2, -0.15) is 0 Å². The van der Waals surface area contributed by atoms with Gasteiger partial charge in [0.2, 0.25) is 0 Å². The summed E-state index contributed by atoms with van der Waals surface area (Å²) in [6, 6.07) is 16.7. The Morgan fingerprint density at radius 1 is 0.833 bits per heavy atom. The third-order valence-corrected chi connectivity index (χ3v) is 3.70. The number of hydrogen-bond acceptors (Lipinski definition) is 4. The van der Waals surface area contributed by atoms with Crippen LogP contribution in [0.25, 0.3) is 33.7 Å². The fourth-order valence-electron chi connectivity index (χ4n) is 2.52. The third kappa shape index (κ3) is 2.56. The Hall–Kier alpha value is -3.34. The summed E-state index contributed by atoms with van der Waals surface area (Å²) in [5.74, 6) is 0.0175. The molecule has 0 spiro atoms. The Bertz CT molecular complexity index is 1050. The van der Waals surface area contributed by atoms with Gasteiger partial charge >= 0.3 is 0 Å². The minimum atomic E-state index is -0.433. The van der Waals surface area contributed by atoms with Gasteiger partial charge in [-0.3, -0.25) is 0 Å². The van der Waals surface area contributed by atoms with Crippen molar-refractivity contribution in [2.24, 2.45) is 0 Å². The van der Waals surface area contributed by atoms with Crippen LogP contribution in [0, 0.1) is 5.82 Å². The highest BCUT2D eigenvalue weighted by Gasteiger charge is 2.10. The number of nitrogens with zero attached hydrogens (tertiary/aromatic N) is 3. The molecule has 0 amide bonds. The number of halogens is 1. The molecule has 0 aliphatic rings. The first kappa shape index (κ1) is 14.3. The summed E-state index contributed by atoms with van der Waals surface area (Å²) in [6.07, 6.45) is 1.74. The molecule has 0 unspecified atom stereocenters. The van der Waals surface area contributed by atoms with Gasteiger partial charge in [0.25, 0.3) is 0 Å². The lowest BCUT2D eigenvalue weighted by Crippen LogP contribution is -1.94. The van der Waals surface area contributed by atoms with Crippen molar-refractivity contribution in [2.75, 3.05) is 0 Å². The van der Waals surface area contributed by atoms with Crippen molar-refractivity contribution in [3.63, 3.8) is 0 Å². The van der Waals surface area contributed by atoms with Crippen molar-refractivity contribution in [3.05, 3.63) is 72.7 Å². The smallest absolute Gasteiger partial charge is 0.178 e. The van der Waals surface area contributed by atoms with Gasteiger partial charge in [-0.1, -0.05) is 24.3 Å². The van der Waals surface area contributed by atoms with Crippen LogP contribution in [-0.2, 0) is 0 Å². The van der Waals surface area contributed by atoms with Gasteiger partial charge in [0, 0.05) is 17.1 Å². The van der Waals surface area contributed by atoms with Crippen LogP contribution in [0.2, 0.25) is 0 Å². The molecule has 5 heteroatoms. The Labute approximate surface area is 137 Å². The molecule has 0 saturated carbocycles. The maximum absolute atomic E-state index is 13.5. The summed E-state index contributed by atoms with van der Waals surface area (Å²) in [4.78, 5) is 13.3. The number of phenols is 1. The summed E-state index contributed by atoms with van der Waals surface area (Å²) in [5.41, 5.74) is 2.17. The zero-order chi connectivity index (χ0) is 16.5. The van der Waals surface area contributed by atoms with Crippen LogP contribution in [0.1, 0.15) is 0 Å². The zero-order valence-electron chi connectivity index (χ0n) is 12.5. The molecule has 0 aliphatic carbocycles. The van der Waals surface area contributed by atoms with E-state index < -0.39 is 5.82 Å². The molecule has 2 aromatic heterocycles. The maximum atomic E-state index is 13.5. The molecular formula is C19H12FN3O. The number of para-hydroxylation sites is 1. The molecule has 2 aromatic carbocycles. The molecule has 2 heterocycles. The Kier molecular flexibility index (Phi) is 3.39. The number of aromatic hydroxyl groups is 1. The standard InChI is InChI=1S/C19H12FN3O/c20-13-8-9-18(24)14(10-13)16-6-3-7-17(22-16)19-21-11-12-4-1-2-5-15(12)23-19/h1-11,24H. The average Bonchev–Trinajstić information content (AvgIpc) is 2.63.